The van der Waals surface area contributed by atoms with Gasteiger partial charge in [-0.1, -0.05) is 0 Å². The van der Waals surface area contributed by atoms with Crippen molar-refractivity contribution >= 4 is 5.97 Å². The molecule has 0 spiro atoms. The van der Waals surface area contributed by atoms with Gasteiger partial charge in [0.15, 0.2) is 0 Å². The number of halogens is 5. The Balaban J connectivity index is 3.35. The Hall–Kier alpha value is -1.93. The fourth-order valence-corrected chi connectivity index (χ4v) is 1.51. The molecule has 0 saturated heterocycles. The van der Waals surface area contributed by atoms with Crippen molar-refractivity contribution in [2.24, 2.45) is 0 Å². The van der Waals surface area contributed by atoms with E-state index >= 15 is 0 Å². The zero-order valence-corrected chi connectivity index (χ0v) is 10.2. The summed E-state index contributed by atoms with van der Waals surface area (Å²) in [5.74, 6) is -1.05. The third-order valence-electron chi connectivity index (χ3n) is 2.32. The number of rotatable bonds is 4. The molecule has 0 amide bonds. The average molecular weight is 299 g/mol. The average Bonchev–Trinajstić information content (AvgIpc) is 2.29. The summed E-state index contributed by atoms with van der Waals surface area (Å²) in [5.41, 5.74) is -5.05. The topological polar surface area (TPSA) is 59.2 Å². The first-order valence-corrected chi connectivity index (χ1v) is 5.43. The maximum absolute atomic E-state index is 12.8. The van der Waals surface area contributed by atoms with E-state index in [1.807, 2.05) is 0 Å². The molecule has 0 bridgehead atoms. The predicted octanol–water partition coefficient (Wildman–Crippen LogP) is 2.44. The van der Waals surface area contributed by atoms with E-state index < -0.39 is 47.4 Å². The minimum atomic E-state index is -5.03. The second-order valence-corrected chi connectivity index (χ2v) is 3.73. The van der Waals surface area contributed by atoms with Crippen LogP contribution in [-0.2, 0) is 22.1 Å². The van der Waals surface area contributed by atoms with Crippen molar-refractivity contribution in [1.29, 1.82) is 0 Å². The number of aromatic amines is 1. The van der Waals surface area contributed by atoms with E-state index in [2.05, 4.69) is 4.74 Å². The molecule has 0 aliphatic rings. The maximum Gasteiger partial charge on any atom is 0.416 e. The number of pyridine rings is 1. The number of alkyl halides is 5. The summed E-state index contributed by atoms with van der Waals surface area (Å²) in [6.45, 7) is 1.36. The summed E-state index contributed by atoms with van der Waals surface area (Å²) in [5, 5.41) is 0. The number of hydrogen-bond acceptors (Lipinski definition) is 3. The number of ether oxygens (including phenoxy) is 1. The number of aromatic nitrogens is 1. The smallest absolute Gasteiger partial charge is 0.416 e. The highest BCUT2D eigenvalue weighted by molar-refractivity contribution is 5.73. The van der Waals surface area contributed by atoms with Gasteiger partial charge in [-0.05, 0) is 13.0 Å². The van der Waals surface area contributed by atoms with Crippen molar-refractivity contribution in [2.75, 3.05) is 6.61 Å². The Morgan fingerprint density at radius 3 is 2.45 bits per heavy atom. The van der Waals surface area contributed by atoms with Crippen molar-refractivity contribution in [3.63, 3.8) is 0 Å². The lowest BCUT2D eigenvalue weighted by molar-refractivity contribution is -0.143. The minimum absolute atomic E-state index is 0.0762. The Kier molecular flexibility index (Phi) is 4.85. The summed E-state index contributed by atoms with van der Waals surface area (Å²) in [6, 6.07) is 0.126. The van der Waals surface area contributed by atoms with Crippen molar-refractivity contribution in [2.45, 2.75) is 25.9 Å². The van der Waals surface area contributed by atoms with Gasteiger partial charge in [0.05, 0.1) is 24.3 Å². The van der Waals surface area contributed by atoms with Crippen LogP contribution < -0.4 is 5.56 Å². The van der Waals surface area contributed by atoms with Crippen molar-refractivity contribution in [1.82, 2.24) is 4.98 Å². The molecule has 0 saturated carbocycles. The molecule has 0 aliphatic carbocycles. The summed E-state index contributed by atoms with van der Waals surface area (Å²) < 4.78 is 67.5. The van der Waals surface area contributed by atoms with Crippen molar-refractivity contribution in [3.8, 4) is 0 Å². The molecule has 0 fully saturated rings. The fourth-order valence-electron chi connectivity index (χ4n) is 1.51. The van der Waals surface area contributed by atoms with Gasteiger partial charge < -0.3 is 9.72 Å². The SMILES string of the molecule is CCOC(=O)Cc1c(C(F)(F)F)cc(C(F)F)[nH]c1=O. The molecule has 1 aromatic heterocycles. The molecule has 0 aromatic carbocycles. The first-order valence-electron chi connectivity index (χ1n) is 5.43. The number of H-pyrrole nitrogens is 1. The monoisotopic (exact) mass is 299 g/mol. The normalized spacial score (nSPS) is 11.8. The van der Waals surface area contributed by atoms with E-state index in [4.69, 9.17) is 0 Å². The van der Waals surface area contributed by atoms with E-state index in [0.717, 1.165) is 0 Å². The molecular weight excluding hydrogens is 289 g/mol. The molecule has 0 atom stereocenters. The van der Waals surface area contributed by atoms with Crippen LogP contribution in [0.1, 0.15) is 30.2 Å². The molecule has 1 heterocycles. The molecule has 1 N–H and O–H groups in total. The first-order chi connectivity index (χ1) is 9.16. The second-order valence-electron chi connectivity index (χ2n) is 3.73. The van der Waals surface area contributed by atoms with E-state index in [9.17, 15) is 31.5 Å². The Labute approximate surface area is 109 Å². The lowest BCUT2D eigenvalue weighted by Gasteiger charge is -2.13. The van der Waals surface area contributed by atoms with Crippen LogP contribution >= 0.6 is 0 Å². The van der Waals surface area contributed by atoms with E-state index in [1.54, 1.807) is 4.98 Å². The number of carbonyl (C=O) groups excluding carboxylic acids is 1. The highest BCUT2D eigenvalue weighted by atomic mass is 19.4. The molecule has 4 nitrogen and oxygen atoms in total. The number of esters is 1. The summed E-state index contributed by atoms with van der Waals surface area (Å²) in [6.07, 6.45) is -9.23. The van der Waals surface area contributed by atoms with Crippen LogP contribution in [0.25, 0.3) is 0 Å². The molecule has 112 valence electrons. The van der Waals surface area contributed by atoms with Crippen LogP contribution in [0.3, 0.4) is 0 Å². The highest BCUT2D eigenvalue weighted by Crippen LogP contribution is 2.32. The van der Waals surface area contributed by atoms with Gasteiger partial charge in [0.25, 0.3) is 12.0 Å². The molecule has 0 aliphatic heterocycles. The van der Waals surface area contributed by atoms with Gasteiger partial charge in [-0.15, -0.1) is 0 Å². The maximum atomic E-state index is 12.8. The largest absolute Gasteiger partial charge is 0.466 e. The van der Waals surface area contributed by atoms with Gasteiger partial charge >= 0.3 is 12.1 Å². The zero-order chi connectivity index (χ0) is 15.5. The lowest BCUT2D eigenvalue weighted by Crippen LogP contribution is -2.25. The third kappa shape index (κ3) is 3.78. The molecule has 0 radical (unpaired) electrons. The second kappa shape index (κ2) is 6.02. The quantitative estimate of drug-likeness (QED) is 0.686. The summed E-state index contributed by atoms with van der Waals surface area (Å²) in [7, 11) is 0. The highest BCUT2D eigenvalue weighted by Gasteiger charge is 2.36. The fraction of sp³-hybridized carbons (Fsp3) is 0.455. The van der Waals surface area contributed by atoms with E-state index in [0.29, 0.717) is 0 Å². The van der Waals surface area contributed by atoms with Gasteiger partial charge in [-0.3, -0.25) is 9.59 Å². The van der Waals surface area contributed by atoms with Crippen LogP contribution in [0.15, 0.2) is 10.9 Å². The molecule has 1 aromatic rings. The molecular formula is C11H10F5NO3. The molecule has 1 rings (SSSR count). The van der Waals surface area contributed by atoms with Crippen LogP contribution in [-0.4, -0.2) is 17.6 Å². The summed E-state index contributed by atoms with van der Waals surface area (Å²) >= 11 is 0. The van der Waals surface area contributed by atoms with Crippen LogP contribution in [0, 0.1) is 0 Å². The van der Waals surface area contributed by atoms with Crippen molar-refractivity contribution < 1.29 is 31.5 Å². The molecule has 9 heteroatoms. The number of hydrogen-bond donors (Lipinski definition) is 1. The Morgan fingerprint density at radius 1 is 1.40 bits per heavy atom. The molecule has 20 heavy (non-hydrogen) atoms. The Morgan fingerprint density at radius 2 is 2.00 bits per heavy atom. The van der Waals surface area contributed by atoms with Crippen molar-refractivity contribution in [3.05, 3.63) is 33.2 Å². The van der Waals surface area contributed by atoms with Gasteiger partial charge in [-0.2, -0.15) is 13.2 Å². The molecule has 0 unspecified atom stereocenters. The van der Waals surface area contributed by atoms with Crippen LogP contribution in [0.4, 0.5) is 22.0 Å². The Bertz CT molecular complexity index is 550. The standard InChI is InChI=1S/C11H10F5NO3/c1-2-20-8(18)3-5-6(11(14,15)16)4-7(9(12)13)17-10(5)19/h4,9H,2-3H2,1H3,(H,17,19). The van der Waals surface area contributed by atoms with Crippen LogP contribution in [0.2, 0.25) is 0 Å². The minimum Gasteiger partial charge on any atom is -0.466 e. The number of carbonyl (C=O) groups is 1. The number of nitrogens with one attached hydrogen (secondary N) is 1. The zero-order valence-electron chi connectivity index (χ0n) is 10.2. The van der Waals surface area contributed by atoms with Gasteiger partial charge in [0, 0.05) is 5.56 Å². The van der Waals surface area contributed by atoms with Gasteiger partial charge in [0.1, 0.15) is 0 Å². The van der Waals surface area contributed by atoms with Gasteiger partial charge in [-0.25, -0.2) is 8.78 Å². The predicted molar refractivity (Wildman–Crippen MR) is 57.4 cm³/mol. The summed E-state index contributed by atoms with van der Waals surface area (Å²) in [4.78, 5) is 24.2. The van der Waals surface area contributed by atoms with Crippen LogP contribution in [0.5, 0.6) is 0 Å². The first kappa shape index (κ1) is 16.1. The van der Waals surface area contributed by atoms with E-state index in [-0.39, 0.29) is 12.7 Å². The third-order valence-corrected chi connectivity index (χ3v) is 2.32. The van der Waals surface area contributed by atoms with E-state index in [1.165, 1.54) is 6.92 Å². The van der Waals surface area contributed by atoms with Gasteiger partial charge in [0.2, 0.25) is 0 Å². The lowest BCUT2D eigenvalue weighted by atomic mass is 10.1.